The Morgan fingerprint density at radius 1 is 1.28 bits per heavy atom. The van der Waals surface area contributed by atoms with Crippen LogP contribution in [-0.4, -0.2) is 20.3 Å². The highest BCUT2D eigenvalue weighted by Crippen LogP contribution is 2.37. The predicted molar refractivity (Wildman–Crippen MR) is 97.7 cm³/mol. The van der Waals surface area contributed by atoms with Gasteiger partial charge < -0.3 is 15.6 Å². The largest absolute Gasteiger partial charge is 0.482 e. The SMILES string of the molecule is CC(Oc1cc(-c2cn[nH]c2)cnc1N)c1c(Cl)ccc(CO)c1Cl. The third kappa shape index (κ3) is 3.56. The molecule has 0 fully saturated rings. The van der Waals surface area contributed by atoms with Crippen molar-refractivity contribution in [2.45, 2.75) is 19.6 Å². The molecule has 0 spiro atoms. The zero-order valence-electron chi connectivity index (χ0n) is 13.3. The monoisotopic (exact) mass is 378 g/mol. The van der Waals surface area contributed by atoms with Crippen LogP contribution in [0, 0.1) is 0 Å². The van der Waals surface area contributed by atoms with Crippen LogP contribution in [0.5, 0.6) is 5.75 Å². The Kier molecular flexibility index (Phi) is 5.13. The van der Waals surface area contributed by atoms with Gasteiger partial charge in [0.15, 0.2) is 11.6 Å². The number of ether oxygens (including phenoxy) is 1. The first kappa shape index (κ1) is 17.5. The van der Waals surface area contributed by atoms with Gasteiger partial charge in [-0.25, -0.2) is 4.98 Å². The molecular weight excluding hydrogens is 363 g/mol. The van der Waals surface area contributed by atoms with Crippen molar-refractivity contribution < 1.29 is 9.84 Å². The lowest BCUT2D eigenvalue weighted by Crippen LogP contribution is -2.08. The zero-order valence-corrected chi connectivity index (χ0v) is 14.8. The first-order valence-corrected chi connectivity index (χ1v) is 8.25. The van der Waals surface area contributed by atoms with Crippen LogP contribution < -0.4 is 10.5 Å². The third-order valence-electron chi connectivity index (χ3n) is 3.80. The molecule has 25 heavy (non-hydrogen) atoms. The van der Waals surface area contributed by atoms with E-state index in [1.165, 1.54) is 0 Å². The fourth-order valence-electron chi connectivity index (χ4n) is 2.47. The van der Waals surface area contributed by atoms with Crippen molar-refractivity contribution in [3.05, 3.63) is 58.0 Å². The van der Waals surface area contributed by atoms with Crippen LogP contribution >= 0.6 is 23.2 Å². The van der Waals surface area contributed by atoms with E-state index in [1.807, 2.05) is 0 Å². The van der Waals surface area contributed by atoms with Gasteiger partial charge in [0.05, 0.1) is 17.8 Å². The van der Waals surface area contributed by atoms with Crippen molar-refractivity contribution in [1.29, 1.82) is 0 Å². The topological polar surface area (TPSA) is 97.0 Å². The summed E-state index contributed by atoms with van der Waals surface area (Å²) < 4.78 is 5.96. The summed E-state index contributed by atoms with van der Waals surface area (Å²) in [5, 5.41) is 16.9. The number of anilines is 1. The normalized spacial score (nSPS) is 12.2. The number of halogens is 2. The molecule has 0 saturated heterocycles. The highest BCUT2D eigenvalue weighted by atomic mass is 35.5. The van der Waals surface area contributed by atoms with Crippen molar-refractivity contribution in [1.82, 2.24) is 15.2 Å². The second-order valence-corrected chi connectivity index (χ2v) is 6.23. The number of nitrogens with zero attached hydrogens (tertiary/aromatic N) is 2. The summed E-state index contributed by atoms with van der Waals surface area (Å²) in [7, 11) is 0. The second-order valence-electron chi connectivity index (χ2n) is 5.45. The molecule has 0 bridgehead atoms. The lowest BCUT2D eigenvalue weighted by Gasteiger charge is -2.20. The van der Waals surface area contributed by atoms with E-state index in [0.717, 1.165) is 11.1 Å². The second kappa shape index (κ2) is 7.31. The standard InChI is InChI=1S/C17H16Cl2N4O2/c1-9(15-13(18)3-2-10(8-24)16(15)19)25-14-4-11(5-21-17(14)20)12-6-22-23-7-12/h2-7,9,24H,8H2,1H3,(H2,20,21)(H,22,23). The molecule has 1 unspecified atom stereocenters. The smallest absolute Gasteiger partial charge is 0.166 e. The Morgan fingerprint density at radius 3 is 2.76 bits per heavy atom. The minimum Gasteiger partial charge on any atom is -0.482 e. The van der Waals surface area contributed by atoms with Crippen molar-refractivity contribution in [2.75, 3.05) is 5.73 Å². The Balaban J connectivity index is 1.94. The number of pyridine rings is 1. The van der Waals surface area contributed by atoms with Crippen LogP contribution in [0.1, 0.15) is 24.2 Å². The number of aromatic nitrogens is 3. The summed E-state index contributed by atoms with van der Waals surface area (Å²) in [4.78, 5) is 4.17. The number of hydrogen-bond acceptors (Lipinski definition) is 5. The van der Waals surface area contributed by atoms with E-state index in [1.54, 1.807) is 43.7 Å². The molecule has 3 aromatic rings. The van der Waals surface area contributed by atoms with E-state index in [2.05, 4.69) is 15.2 Å². The van der Waals surface area contributed by atoms with Crippen LogP contribution in [0.2, 0.25) is 10.0 Å². The summed E-state index contributed by atoms with van der Waals surface area (Å²) in [5.41, 5.74) is 8.78. The number of nitrogens with two attached hydrogens (primary N) is 1. The summed E-state index contributed by atoms with van der Waals surface area (Å²) in [6.07, 6.45) is 4.58. The molecule has 130 valence electrons. The van der Waals surface area contributed by atoms with Crippen LogP contribution in [-0.2, 0) is 6.61 Å². The minimum absolute atomic E-state index is 0.185. The molecule has 0 aliphatic carbocycles. The molecule has 0 radical (unpaired) electrons. The predicted octanol–water partition coefficient (Wildman–Crippen LogP) is 3.99. The molecule has 0 aliphatic rings. The number of rotatable bonds is 5. The fraction of sp³-hybridized carbons (Fsp3) is 0.176. The number of hydrogen-bond donors (Lipinski definition) is 3. The third-order valence-corrected chi connectivity index (χ3v) is 4.58. The van der Waals surface area contributed by atoms with E-state index < -0.39 is 6.10 Å². The molecule has 1 aromatic carbocycles. The summed E-state index contributed by atoms with van der Waals surface area (Å²) in [6, 6.07) is 5.13. The van der Waals surface area contributed by atoms with E-state index in [9.17, 15) is 5.11 Å². The molecule has 2 heterocycles. The van der Waals surface area contributed by atoms with Crippen LogP contribution in [0.15, 0.2) is 36.8 Å². The molecule has 2 aromatic heterocycles. The molecule has 6 nitrogen and oxygen atoms in total. The van der Waals surface area contributed by atoms with E-state index in [0.29, 0.717) is 26.9 Å². The average Bonchev–Trinajstić information content (AvgIpc) is 3.11. The number of aliphatic hydroxyl groups excluding tert-OH is 1. The number of nitrogen functional groups attached to an aromatic ring is 1. The van der Waals surface area contributed by atoms with Crippen LogP contribution in [0.4, 0.5) is 5.82 Å². The average molecular weight is 379 g/mol. The maximum atomic E-state index is 9.38. The van der Waals surface area contributed by atoms with Crippen LogP contribution in [0.3, 0.4) is 0 Å². The van der Waals surface area contributed by atoms with E-state index in [4.69, 9.17) is 33.7 Å². The van der Waals surface area contributed by atoms with E-state index >= 15 is 0 Å². The number of aromatic amines is 1. The number of H-pyrrole nitrogens is 1. The molecule has 0 amide bonds. The maximum absolute atomic E-state index is 9.38. The van der Waals surface area contributed by atoms with Crippen LogP contribution in [0.25, 0.3) is 11.1 Å². The van der Waals surface area contributed by atoms with Gasteiger partial charge >= 0.3 is 0 Å². The number of aliphatic hydroxyl groups is 1. The van der Waals surface area contributed by atoms with Gasteiger partial charge in [0.1, 0.15) is 6.10 Å². The minimum atomic E-state index is -0.491. The van der Waals surface area contributed by atoms with Gasteiger partial charge in [-0.05, 0) is 24.6 Å². The van der Waals surface area contributed by atoms with Crippen molar-refractivity contribution in [3.63, 3.8) is 0 Å². The fourth-order valence-corrected chi connectivity index (χ4v) is 3.21. The maximum Gasteiger partial charge on any atom is 0.166 e. The molecule has 3 rings (SSSR count). The van der Waals surface area contributed by atoms with Gasteiger partial charge in [-0.2, -0.15) is 5.10 Å². The van der Waals surface area contributed by atoms with E-state index in [-0.39, 0.29) is 12.4 Å². The van der Waals surface area contributed by atoms with Crippen molar-refractivity contribution in [2.24, 2.45) is 0 Å². The Morgan fingerprint density at radius 2 is 2.08 bits per heavy atom. The lowest BCUT2D eigenvalue weighted by molar-refractivity contribution is 0.227. The molecule has 0 saturated carbocycles. The quantitative estimate of drug-likeness (QED) is 0.623. The first-order chi connectivity index (χ1) is 12.0. The number of nitrogens with one attached hydrogen (secondary N) is 1. The molecular formula is C17H16Cl2N4O2. The van der Waals surface area contributed by atoms with Crippen molar-refractivity contribution in [3.8, 4) is 16.9 Å². The molecule has 0 aliphatic heterocycles. The van der Waals surface area contributed by atoms with Gasteiger partial charge in [0, 0.05) is 34.1 Å². The molecule has 1 atom stereocenters. The summed E-state index contributed by atoms with van der Waals surface area (Å²) in [5.74, 6) is 0.664. The zero-order chi connectivity index (χ0) is 18.0. The Labute approximate surface area is 154 Å². The van der Waals surface area contributed by atoms with Gasteiger partial charge in [0.2, 0.25) is 0 Å². The van der Waals surface area contributed by atoms with Gasteiger partial charge in [-0.3, -0.25) is 5.10 Å². The highest BCUT2D eigenvalue weighted by Gasteiger charge is 2.19. The Hall–Kier alpha value is -2.28. The summed E-state index contributed by atoms with van der Waals surface area (Å²) in [6.45, 7) is 1.62. The Bertz CT molecular complexity index is 885. The lowest BCUT2D eigenvalue weighted by atomic mass is 10.1. The van der Waals surface area contributed by atoms with Gasteiger partial charge in [-0.15, -0.1) is 0 Å². The highest BCUT2D eigenvalue weighted by molar-refractivity contribution is 6.36. The van der Waals surface area contributed by atoms with Gasteiger partial charge in [0.25, 0.3) is 0 Å². The van der Waals surface area contributed by atoms with Gasteiger partial charge in [-0.1, -0.05) is 29.3 Å². The molecule has 8 heteroatoms. The number of benzene rings is 1. The summed E-state index contributed by atoms with van der Waals surface area (Å²) >= 11 is 12.6. The molecule has 4 N–H and O–H groups in total. The first-order valence-electron chi connectivity index (χ1n) is 7.50. The van der Waals surface area contributed by atoms with Crippen molar-refractivity contribution >= 4 is 29.0 Å².